The Morgan fingerprint density at radius 2 is 2.18 bits per heavy atom. The molecule has 60 valence electrons. The average Bonchev–Trinajstić information content (AvgIpc) is 2.10. The van der Waals surface area contributed by atoms with E-state index in [4.69, 9.17) is 5.14 Å². The second-order valence-corrected chi connectivity index (χ2v) is 3.46. The Morgan fingerprint density at radius 3 is 2.82 bits per heavy atom. The van der Waals surface area contributed by atoms with Crippen molar-refractivity contribution in [1.82, 2.24) is 0 Å². The summed E-state index contributed by atoms with van der Waals surface area (Å²) in [6.45, 7) is 0. The molecule has 0 saturated carbocycles. The summed E-state index contributed by atoms with van der Waals surface area (Å²) in [5, 5.41) is 4.77. The van der Waals surface area contributed by atoms with Gasteiger partial charge in [0.05, 0.1) is 0 Å². The summed E-state index contributed by atoms with van der Waals surface area (Å²) < 4.78 is 21.4. The van der Waals surface area contributed by atoms with Gasteiger partial charge in [0, 0.05) is 25.0 Å². The monoisotopic (exact) mass is 173 g/mol. The first-order valence-corrected chi connectivity index (χ1v) is 4.41. The van der Waals surface area contributed by atoms with Gasteiger partial charge in [-0.3, -0.25) is 4.99 Å². The standard InChI is InChI=1S/C5H7N3O2S/c6-11(9,10)5-1-2-7-3-4-8-5/h2-4H,1H2,(H2,6,9,10). The first-order chi connectivity index (χ1) is 5.11. The number of hydrogen-bond donors (Lipinski definition) is 1. The maximum Gasteiger partial charge on any atom is 0.251 e. The Bertz CT molecular complexity index is 326. The van der Waals surface area contributed by atoms with Crippen molar-refractivity contribution in [2.24, 2.45) is 15.1 Å². The van der Waals surface area contributed by atoms with E-state index in [2.05, 4.69) is 9.98 Å². The fourth-order valence-corrected chi connectivity index (χ4v) is 1.10. The van der Waals surface area contributed by atoms with E-state index in [0.717, 1.165) is 0 Å². The van der Waals surface area contributed by atoms with Crippen LogP contribution >= 0.6 is 0 Å². The summed E-state index contributed by atoms with van der Waals surface area (Å²) in [4.78, 5) is 7.29. The Labute approximate surface area is 64.4 Å². The molecule has 0 atom stereocenters. The van der Waals surface area contributed by atoms with E-state index in [-0.39, 0.29) is 11.5 Å². The van der Waals surface area contributed by atoms with Gasteiger partial charge in [0.2, 0.25) is 0 Å². The van der Waals surface area contributed by atoms with Crippen LogP contribution in [0.5, 0.6) is 0 Å². The van der Waals surface area contributed by atoms with Gasteiger partial charge >= 0.3 is 0 Å². The molecule has 0 unspecified atom stereocenters. The van der Waals surface area contributed by atoms with Crippen molar-refractivity contribution in [2.75, 3.05) is 0 Å². The first-order valence-electron chi connectivity index (χ1n) is 2.87. The molecule has 0 aliphatic carbocycles. The molecule has 0 fully saturated rings. The lowest BCUT2D eigenvalue weighted by Crippen LogP contribution is -2.23. The van der Waals surface area contributed by atoms with Crippen LogP contribution in [0.4, 0.5) is 0 Å². The smallest absolute Gasteiger partial charge is 0.251 e. The summed E-state index contributed by atoms with van der Waals surface area (Å²) in [5.41, 5.74) is 0. The van der Waals surface area contributed by atoms with E-state index in [1.807, 2.05) is 0 Å². The average molecular weight is 173 g/mol. The van der Waals surface area contributed by atoms with Crippen LogP contribution < -0.4 is 5.14 Å². The van der Waals surface area contributed by atoms with Gasteiger partial charge in [0.1, 0.15) is 0 Å². The molecule has 0 amide bonds. The van der Waals surface area contributed by atoms with Crippen LogP contribution in [0, 0.1) is 0 Å². The summed E-state index contributed by atoms with van der Waals surface area (Å²) in [6.07, 6.45) is 4.29. The minimum absolute atomic E-state index is 0.0602. The maximum absolute atomic E-state index is 10.7. The van der Waals surface area contributed by atoms with Crippen molar-refractivity contribution in [2.45, 2.75) is 6.42 Å². The Balaban J connectivity index is 2.99. The van der Waals surface area contributed by atoms with Gasteiger partial charge in [-0.15, -0.1) is 0 Å². The molecule has 0 bridgehead atoms. The molecule has 1 aliphatic rings. The molecular weight excluding hydrogens is 166 g/mol. The Kier molecular flexibility index (Phi) is 2.16. The van der Waals surface area contributed by atoms with Crippen LogP contribution in [0.2, 0.25) is 0 Å². The lowest BCUT2D eigenvalue weighted by atomic mass is 10.5. The third-order valence-corrected chi connectivity index (χ3v) is 2.00. The highest BCUT2D eigenvalue weighted by atomic mass is 32.2. The van der Waals surface area contributed by atoms with Crippen molar-refractivity contribution in [3.8, 4) is 0 Å². The predicted molar refractivity (Wildman–Crippen MR) is 42.8 cm³/mol. The fourth-order valence-electron chi connectivity index (χ4n) is 0.589. The maximum atomic E-state index is 10.7. The van der Waals surface area contributed by atoms with Crippen LogP contribution in [0.3, 0.4) is 0 Å². The number of rotatable bonds is 0. The van der Waals surface area contributed by atoms with Crippen LogP contribution in [0.15, 0.2) is 22.4 Å². The molecule has 1 heterocycles. The van der Waals surface area contributed by atoms with Crippen molar-refractivity contribution < 1.29 is 8.42 Å². The minimum atomic E-state index is -3.64. The van der Waals surface area contributed by atoms with Crippen LogP contribution in [0.25, 0.3) is 0 Å². The quantitative estimate of drug-likeness (QED) is 0.541. The van der Waals surface area contributed by atoms with Gasteiger partial charge in [0.25, 0.3) is 10.0 Å². The van der Waals surface area contributed by atoms with E-state index in [0.29, 0.717) is 0 Å². The highest BCUT2D eigenvalue weighted by Gasteiger charge is 2.12. The first kappa shape index (κ1) is 8.09. The molecule has 0 spiro atoms. The van der Waals surface area contributed by atoms with E-state index in [1.54, 1.807) is 0 Å². The molecule has 1 rings (SSSR count). The van der Waals surface area contributed by atoms with Gasteiger partial charge < -0.3 is 0 Å². The lowest BCUT2D eigenvalue weighted by molar-refractivity contribution is 0.608. The summed E-state index contributed by atoms with van der Waals surface area (Å²) in [5.74, 6) is 0. The van der Waals surface area contributed by atoms with Crippen molar-refractivity contribution >= 4 is 21.3 Å². The van der Waals surface area contributed by atoms with Gasteiger partial charge in [-0.05, 0) is 0 Å². The van der Waals surface area contributed by atoms with Gasteiger partial charge in [-0.1, -0.05) is 0 Å². The number of nitrogens with zero attached hydrogens (tertiary/aromatic N) is 2. The zero-order valence-corrected chi connectivity index (χ0v) is 6.45. The van der Waals surface area contributed by atoms with Crippen molar-refractivity contribution in [3.63, 3.8) is 0 Å². The Hall–Kier alpha value is -1.01. The molecule has 0 radical (unpaired) electrons. The molecule has 0 saturated heterocycles. The number of hydrogen-bond acceptors (Lipinski definition) is 4. The SMILES string of the molecule is NS(=O)(=O)C1=NC=CN=CC1. The molecule has 6 heteroatoms. The minimum Gasteiger partial charge on any atom is -0.267 e. The molecule has 0 aromatic heterocycles. The predicted octanol–water partition coefficient (Wildman–Crippen LogP) is -0.381. The number of aliphatic imine (C=N–C) groups is 2. The van der Waals surface area contributed by atoms with Crippen LogP contribution in [-0.2, 0) is 10.0 Å². The van der Waals surface area contributed by atoms with E-state index in [9.17, 15) is 8.42 Å². The van der Waals surface area contributed by atoms with E-state index < -0.39 is 10.0 Å². The number of sulfonamides is 1. The molecule has 1 aliphatic heterocycles. The normalized spacial score (nSPS) is 17.7. The van der Waals surface area contributed by atoms with Crippen molar-refractivity contribution in [3.05, 3.63) is 12.4 Å². The van der Waals surface area contributed by atoms with Crippen molar-refractivity contribution in [1.29, 1.82) is 0 Å². The highest BCUT2D eigenvalue weighted by molar-refractivity contribution is 8.04. The van der Waals surface area contributed by atoms with Crippen LogP contribution in [-0.4, -0.2) is 19.7 Å². The zero-order chi connectivity index (χ0) is 8.32. The van der Waals surface area contributed by atoms with Crippen LogP contribution in [0.1, 0.15) is 6.42 Å². The topological polar surface area (TPSA) is 84.9 Å². The highest BCUT2D eigenvalue weighted by Crippen LogP contribution is 1.96. The molecular formula is C5H7N3O2S. The van der Waals surface area contributed by atoms with E-state index >= 15 is 0 Å². The summed E-state index contributed by atoms with van der Waals surface area (Å²) in [6, 6.07) is 0. The molecule has 0 aromatic carbocycles. The summed E-state index contributed by atoms with van der Waals surface area (Å²) in [7, 11) is -3.64. The lowest BCUT2D eigenvalue weighted by Gasteiger charge is -1.95. The molecule has 11 heavy (non-hydrogen) atoms. The largest absolute Gasteiger partial charge is 0.267 e. The Morgan fingerprint density at radius 1 is 1.45 bits per heavy atom. The number of primary sulfonamides is 1. The van der Waals surface area contributed by atoms with Gasteiger partial charge in [-0.25, -0.2) is 18.5 Å². The molecule has 2 N–H and O–H groups in total. The van der Waals surface area contributed by atoms with Gasteiger partial charge in [-0.2, -0.15) is 0 Å². The molecule has 5 nitrogen and oxygen atoms in total. The molecule has 0 aromatic rings. The fraction of sp³-hybridized carbons (Fsp3) is 0.200. The second kappa shape index (κ2) is 2.93. The summed E-state index contributed by atoms with van der Waals surface area (Å²) >= 11 is 0. The zero-order valence-electron chi connectivity index (χ0n) is 5.64. The van der Waals surface area contributed by atoms with E-state index in [1.165, 1.54) is 18.6 Å². The van der Waals surface area contributed by atoms with Gasteiger partial charge in [0.15, 0.2) is 5.04 Å². The number of nitrogens with two attached hydrogens (primary N) is 1. The third-order valence-electron chi connectivity index (χ3n) is 1.07. The third kappa shape index (κ3) is 2.24. The second-order valence-electron chi connectivity index (χ2n) is 1.90.